The summed E-state index contributed by atoms with van der Waals surface area (Å²) in [4.78, 5) is 0. The molecule has 0 bridgehead atoms. The van der Waals surface area contributed by atoms with Gasteiger partial charge in [-0.2, -0.15) is 0 Å². The SMILES string of the molecule is CCCCC(CC)CNCC(C)(C)S(C)(=O)=O. The Morgan fingerprint density at radius 3 is 2.24 bits per heavy atom. The third-order valence-corrected chi connectivity index (χ3v) is 5.68. The van der Waals surface area contributed by atoms with E-state index in [1.165, 1.54) is 25.5 Å². The first-order valence-corrected chi connectivity index (χ1v) is 8.54. The highest BCUT2D eigenvalue weighted by Crippen LogP contribution is 2.15. The molecule has 0 aromatic carbocycles. The summed E-state index contributed by atoms with van der Waals surface area (Å²) < 4.78 is 22.4. The van der Waals surface area contributed by atoms with Crippen molar-refractivity contribution < 1.29 is 8.42 Å². The van der Waals surface area contributed by atoms with Gasteiger partial charge in [0.05, 0.1) is 4.75 Å². The highest BCUT2D eigenvalue weighted by atomic mass is 32.2. The molecule has 0 aliphatic carbocycles. The van der Waals surface area contributed by atoms with Crippen LogP contribution in [0.15, 0.2) is 0 Å². The standard InChI is InChI=1S/C13H29NO2S/c1-6-8-9-12(7-2)10-14-11-13(3,4)17(5,15)16/h12,14H,6-11H2,1-5H3. The first kappa shape index (κ1) is 16.9. The Morgan fingerprint density at radius 2 is 1.82 bits per heavy atom. The van der Waals surface area contributed by atoms with Crippen molar-refractivity contribution in [1.82, 2.24) is 5.32 Å². The maximum atomic E-state index is 11.5. The van der Waals surface area contributed by atoms with Gasteiger partial charge in [-0.15, -0.1) is 0 Å². The molecule has 0 aliphatic heterocycles. The molecule has 0 radical (unpaired) electrons. The van der Waals surface area contributed by atoms with E-state index in [1.807, 2.05) is 0 Å². The summed E-state index contributed by atoms with van der Waals surface area (Å²) in [6, 6.07) is 0. The molecule has 0 amide bonds. The van der Waals surface area contributed by atoms with E-state index in [0.717, 1.165) is 13.0 Å². The lowest BCUT2D eigenvalue weighted by molar-refractivity contribution is 0.407. The van der Waals surface area contributed by atoms with Gasteiger partial charge in [-0.3, -0.25) is 0 Å². The van der Waals surface area contributed by atoms with E-state index < -0.39 is 14.6 Å². The maximum Gasteiger partial charge on any atom is 0.153 e. The van der Waals surface area contributed by atoms with Crippen LogP contribution in [0, 0.1) is 5.92 Å². The minimum Gasteiger partial charge on any atom is -0.315 e. The molecule has 0 saturated carbocycles. The molecule has 0 heterocycles. The van der Waals surface area contributed by atoms with Gasteiger partial charge < -0.3 is 5.32 Å². The summed E-state index contributed by atoms with van der Waals surface area (Å²) in [7, 11) is -2.99. The second-order valence-corrected chi connectivity index (χ2v) is 8.23. The Morgan fingerprint density at radius 1 is 1.24 bits per heavy atom. The zero-order chi connectivity index (χ0) is 13.5. The van der Waals surface area contributed by atoms with Gasteiger partial charge in [-0.25, -0.2) is 8.42 Å². The molecular formula is C13H29NO2S. The van der Waals surface area contributed by atoms with Crippen molar-refractivity contribution in [3.63, 3.8) is 0 Å². The largest absolute Gasteiger partial charge is 0.315 e. The van der Waals surface area contributed by atoms with Gasteiger partial charge in [-0.1, -0.05) is 33.1 Å². The van der Waals surface area contributed by atoms with E-state index in [-0.39, 0.29) is 0 Å². The number of nitrogens with one attached hydrogen (secondary N) is 1. The molecular weight excluding hydrogens is 234 g/mol. The van der Waals surface area contributed by atoms with Crippen LogP contribution >= 0.6 is 0 Å². The molecule has 1 atom stereocenters. The highest BCUT2D eigenvalue weighted by Gasteiger charge is 2.29. The molecule has 1 unspecified atom stereocenters. The second kappa shape index (κ2) is 7.37. The fourth-order valence-corrected chi connectivity index (χ4v) is 2.02. The minimum absolute atomic E-state index is 0.536. The molecule has 0 spiro atoms. The van der Waals surface area contributed by atoms with Crippen LogP contribution < -0.4 is 5.32 Å². The van der Waals surface area contributed by atoms with E-state index in [0.29, 0.717) is 12.5 Å². The molecule has 3 nitrogen and oxygen atoms in total. The Hall–Kier alpha value is -0.0900. The van der Waals surface area contributed by atoms with E-state index in [2.05, 4.69) is 19.2 Å². The van der Waals surface area contributed by atoms with Gasteiger partial charge in [-0.05, 0) is 32.7 Å². The quantitative estimate of drug-likeness (QED) is 0.695. The first-order valence-electron chi connectivity index (χ1n) is 6.65. The summed E-state index contributed by atoms with van der Waals surface area (Å²) >= 11 is 0. The average molecular weight is 263 g/mol. The van der Waals surface area contributed by atoms with Gasteiger partial charge in [0, 0.05) is 12.8 Å². The third-order valence-electron chi connectivity index (χ3n) is 3.53. The number of hydrogen-bond donors (Lipinski definition) is 1. The molecule has 0 aliphatic rings. The van der Waals surface area contributed by atoms with E-state index in [4.69, 9.17) is 0 Å². The summed E-state index contributed by atoms with van der Waals surface area (Å²) in [6.45, 7) is 9.42. The van der Waals surface area contributed by atoms with Crippen LogP contribution in [-0.2, 0) is 9.84 Å². The second-order valence-electron chi connectivity index (χ2n) is 5.58. The Kier molecular flexibility index (Phi) is 7.33. The van der Waals surface area contributed by atoms with Gasteiger partial charge in [0.1, 0.15) is 0 Å². The topological polar surface area (TPSA) is 46.2 Å². The Labute approximate surface area is 107 Å². The van der Waals surface area contributed by atoms with Crippen LogP contribution in [0.3, 0.4) is 0 Å². The van der Waals surface area contributed by atoms with Crippen LogP contribution in [0.2, 0.25) is 0 Å². The molecule has 0 saturated heterocycles. The van der Waals surface area contributed by atoms with Crippen LogP contribution in [-0.4, -0.2) is 32.5 Å². The monoisotopic (exact) mass is 263 g/mol. The highest BCUT2D eigenvalue weighted by molar-refractivity contribution is 7.92. The van der Waals surface area contributed by atoms with E-state index >= 15 is 0 Å². The fourth-order valence-electron chi connectivity index (χ4n) is 1.65. The van der Waals surface area contributed by atoms with Crippen molar-refractivity contribution in [3.8, 4) is 0 Å². The van der Waals surface area contributed by atoms with Crippen LogP contribution in [0.1, 0.15) is 53.4 Å². The fraction of sp³-hybridized carbons (Fsp3) is 1.00. The lowest BCUT2D eigenvalue weighted by atomic mass is 9.99. The van der Waals surface area contributed by atoms with Crippen molar-refractivity contribution in [3.05, 3.63) is 0 Å². The predicted octanol–water partition coefficient (Wildman–Crippen LogP) is 2.62. The van der Waals surface area contributed by atoms with Crippen molar-refractivity contribution in [2.75, 3.05) is 19.3 Å². The number of rotatable bonds is 9. The number of unbranched alkanes of at least 4 members (excludes halogenated alkanes) is 1. The van der Waals surface area contributed by atoms with Crippen LogP contribution in [0.4, 0.5) is 0 Å². The van der Waals surface area contributed by atoms with E-state index in [1.54, 1.807) is 13.8 Å². The van der Waals surface area contributed by atoms with Gasteiger partial charge >= 0.3 is 0 Å². The molecule has 4 heteroatoms. The zero-order valence-electron chi connectivity index (χ0n) is 12.0. The lowest BCUT2D eigenvalue weighted by Gasteiger charge is -2.24. The molecule has 0 aromatic rings. The van der Waals surface area contributed by atoms with Gasteiger partial charge in [0.15, 0.2) is 9.84 Å². The summed E-state index contributed by atoms with van der Waals surface area (Å²) in [5.74, 6) is 0.672. The summed E-state index contributed by atoms with van der Waals surface area (Å²) in [5, 5.41) is 3.31. The predicted molar refractivity (Wildman–Crippen MR) is 75.1 cm³/mol. The normalized spacial score (nSPS) is 14.9. The van der Waals surface area contributed by atoms with Gasteiger partial charge in [0.25, 0.3) is 0 Å². The van der Waals surface area contributed by atoms with Crippen molar-refractivity contribution in [2.45, 2.75) is 58.1 Å². The average Bonchev–Trinajstić information content (AvgIpc) is 2.21. The Balaban J connectivity index is 4.04. The maximum absolute atomic E-state index is 11.5. The molecule has 104 valence electrons. The zero-order valence-corrected chi connectivity index (χ0v) is 12.9. The molecule has 0 aromatic heterocycles. The molecule has 17 heavy (non-hydrogen) atoms. The Bertz CT molecular complexity index is 297. The van der Waals surface area contributed by atoms with Gasteiger partial charge in [0.2, 0.25) is 0 Å². The third kappa shape index (κ3) is 6.41. The van der Waals surface area contributed by atoms with Crippen LogP contribution in [0.25, 0.3) is 0 Å². The van der Waals surface area contributed by atoms with Crippen molar-refractivity contribution >= 4 is 9.84 Å². The van der Waals surface area contributed by atoms with E-state index in [9.17, 15) is 8.42 Å². The number of hydrogen-bond acceptors (Lipinski definition) is 3. The van der Waals surface area contributed by atoms with Crippen molar-refractivity contribution in [2.24, 2.45) is 5.92 Å². The lowest BCUT2D eigenvalue weighted by Crippen LogP contribution is -2.43. The van der Waals surface area contributed by atoms with Crippen molar-refractivity contribution in [1.29, 1.82) is 0 Å². The minimum atomic E-state index is -2.99. The molecule has 0 fully saturated rings. The smallest absolute Gasteiger partial charge is 0.153 e. The first-order chi connectivity index (χ1) is 7.74. The summed E-state index contributed by atoms with van der Waals surface area (Å²) in [5.41, 5.74) is 0. The van der Waals surface area contributed by atoms with Crippen LogP contribution in [0.5, 0.6) is 0 Å². The number of sulfone groups is 1. The molecule has 0 rings (SSSR count). The molecule has 1 N–H and O–H groups in total. The summed E-state index contributed by atoms with van der Waals surface area (Å²) in [6.07, 6.45) is 6.19.